The van der Waals surface area contributed by atoms with Crippen LogP contribution in [0.15, 0.2) is 15.1 Å². The van der Waals surface area contributed by atoms with Crippen LogP contribution in [0.25, 0.3) is 0 Å². The van der Waals surface area contributed by atoms with E-state index in [1.807, 2.05) is 10.8 Å². The molecule has 1 aliphatic rings. The predicted octanol–water partition coefficient (Wildman–Crippen LogP) is 2.15. The van der Waals surface area contributed by atoms with Gasteiger partial charge in [-0.2, -0.15) is 0 Å². The van der Waals surface area contributed by atoms with Gasteiger partial charge in [-0.3, -0.25) is 0 Å². The molecular weight excluding hydrogens is 180 g/mol. The van der Waals surface area contributed by atoms with Gasteiger partial charge in [0.25, 0.3) is 0 Å². The molecule has 0 aromatic rings. The third-order valence-corrected chi connectivity index (χ3v) is 2.81. The second kappa shape index (κ2) is 4.51. The lowest BCUT2D eigenvalue weighted by Gasteiger charge is -1.95. The maximum atomic E-state index is 10.8. The highest BCUT2D eigenvalue weighted by atomic mass is 32.2. The first-order chi connectivity index (χ1) is 5.33. The van der Waals surface area contributed by atoms with Gasteiger partial charge in [-0.05, 0) is 17.7 Å². The fourth-order valence-electron chi connectivity index (χ4n) is 0.516. The van der Waals surface area contributed by atoms with Gasteiger partial charge in [-0.1, -0.05) is 23.5 Å². The molecule has 4 heteroatoms. The Morgan fingerprint density at radius 2 is 2.27 bits per heavy atom. The molecule has 0 saturated carbocycles. The van der Waals surface area contributed by atoms with Crippen LogP contribution in [0, 0.1) is 6.08 Å². The predicted molar refractivity (Wildman–Crippen MR) is 47.7 cm³/mol. The van der Waals surface area contributed by atoms with E-state index in [2.05, 4.69) is 10.8 Å². The lowest BCUT2D eigenvalue weighted by atomic mass is 10.6. The fourth-order valence-corrected chi connectivity index (χ4v) is 2.05. The van der Waals surface area contributed by atoms with Gasteiger partial charge >= 0.3 is 5.97 Å². The Bertz CT molecular complexity index is 198. The number of carbonyl (C=O) groups is 1. The Balaban J connectivity index is 2.38. The second-order valence-corrected chi connectivity index (χ2v) is 3.73. The van der Waals surface area contributed by atoms with Crippen LogP contribution >= 0.6 is 23.5 Å². The van der Waals surface area contributed by atoms with Crippen molar-refractivity contribution >= 4 is 29.5 Å². The molecule has 1 rings (SSSR count). The lowest BCUT2D eigenvalue weighted by molar-refractivity contribution is -0.138. The summed E-state index contributed by atoms with van der Waals surface area (Å²) in [7, 11) is 0. The molecule has 0 aromatic carbocycles. The Morgan fingerprint density at radius 1 is 1.64 bits per heavy atom. The summed E-state index contributed by atoms with van der Waals surface area (Å²) in [4.78, 5) is 10.8. The van der Waals surface area contributed by atoms with Crippen molar-refractivity contribution in [2.45, 2.75) is 6.92 Å². The molecular formula is C7H7O2S2. The Kier molecular flexibility index (Phi) is 3.59. The minimum atomic E-state index is -0.383. The van der Waals surface area contributed by atoms with E-state index < -0.39 is 0 Å². The normalized spacial score (nSPS) is 15.2. The highest BCUT2D eigenvalue weighted by Crippen LogP contribution is 2.36. The van der Waals surface area contributed by atoms with Crippen molar-refractivity contribution < 1.29 is 9.53 Å². The van der Waals surface area contributed by atoms with Crippen LogP contribution in [-0.2, 0) is 9.53 Å². The van der Waals surface area contributed by atoms with E-state index in [1.54, 1.807) is 6.92 Å². The molecule has 2 nitrogen and oxygen atoms in total. The van der Waals surface area contributed by atoms with Gasteiger partial charge in [0, 0.05) is 0 Å². The number of hydrogen-bond donors (Lipinski definition) is 0. The minimum Gasteiger partial charge on any atom is -0.462 e. The van der Waals surface area contributed by atoms with Crippen molar-refractivity contribution in [2.24, 2.45) is 0 Å². The average Bonchev–Trinajstić information content (AvgIpc) is 2.40. The van der Waals surface area contributed by atoms with Crippen molar-refractivity contribution in [1.82, 2.24) is 0 Å². The molecule has 0 saturated heterocycles. The first-order valence-electron chi connectivity index (χ1n) is 3.12. The summed E-state index contributed by atoms with van der Waals surface area (Å²) in [6.45, 7) is 2.18. The zero-order chi connectivity index (χ0) is 8.10. The fraction of sp³-hybridized carbons (Fsp3) is 0.286. The average molecular weight is 187 g/mol. The second-order valence-electron chi connectivity index (χ2n) is 1.64. The smallest absolute Gasteiger partial charge is 0.340 e. The summed E-state index contributed by atoms with van der Waals surface area (Å²) in [5.74, 6) is -0.383. The van der Waals surface area contributed by atoms with Gasteiger partial charge in [-0.25, -0.2) is 4.79 Å². The zero-order valence-corrected chi connectivity index (χ0v) is 7.63. The monoisotopic (exact) mass is 187 g/mol. The van der Waals surface area contributed by atoms with Gasteiger partial charge in [0.15, 0.2) is 0 Å². The number of thioether (sulfide) groups is 2. The number of ether oxygens (including phenoxy) is 1. The summed E-state index contributed by atoms with van der Waals surface area (Å²) in [6.07, 6.45) is 2.60. The quantitative estimate of drug-likeness (QED) is 0.489. The summed E-state index contributed by atoms with van der Waals surface area (Å²) >= 11 is 2.97. The molecule has 0 aromatic heterocycles. The molecule has 59 valence electrons. The lowest BCUT2D eigenvalue weighted by Crippen LogP contribution is -1.99. The van der Waals surface area contributed by atoms with Gasteiger partial charge in [0.1, 0.15) is 0 Å². The molecule has 0 aliphatic carbocycles. The number of esters is 1. The maximum Gasteiger partial charge on any atom is 0.340 e. The van der Waals surface area contributed by atoms with Crippen molar-refractivity contribution in [1.29, 1.82) is 0 Å². The van der Waals surface area contributed by atoms with Crippen LogP contribution in [0.3, 0.4) is 0 Å². The highest BCUT2D eigenvalue weighted by Gasteiger charge is 2.05. The molecule has 0 fully saturated rings. The van der Waals surface area contributed by atoms with Crippen LogP contribution < -0.4 is 0 Å². The van der Waals surface area contributed by atoms with E-state index in [-0.39, 0.29) is 5.97 Å². The van der Waals surface area contributed by atoms with Crippen LogP contribution in [0.1, 0.15) is 6.92 Å². The summed E-state index contributed by atoms with van der Waals surface area (Å²) in [6, 6.07) is 0. The Hall–Kier alpha value is -0.350. The van der Waals surface area contributed by atoms with E-state index >= 15 is 0 Å². The molecule has 1 heterocycles. The molecule has 0 bridgehead atoms. The first-order valence-corrected chi connectivity index (χ1v) is 4.88. The van der Waals surface area contributed by atoms with E-state index in [4.69, 9.17) is 0 Å². The summed E-state index contributed by atoms with van der Waals surface area (Å²) in [5.41, 5.74) is 0. The van der Waals surface area contributed by atoms with Gasteiger partial charge in [0.05, 0.1) is 16.9 Å². The van der Waals surface area contributed by atoms with Gasteiger partial charge < -0.3 is 4.74 Å². The standard InChI is InChI=1S/C7H7O2S2/c1-2-9-6(8)5-7-10-3-4-11-7/h3-4H,2H2,1H3. The Morgan fingerprint density at radius 3 is 2.82 bits per heavy atom. The molecule has 0 atom stereocenters. The molecule has 1 aliphatic heterocycles. The third-order valence-electron chi connectivity index (χ3n) is 0.885. The SMILES string of the molecule is CCOC(=O)[C]=C1SC=CS1. The summed E-state index contributed by atoms with van der Waals surface area (Å²) < 4.78 is 5.53. The number of hydrogen-bond acceptors (Lipinski definition) is 4. The van der Waals surface area contributed by atoms with Crippen LogP contribution in [0.4, 0.5) is 0 Å². The van der Waals surface area contributed by atoms with Gasteiger partial charge in [0.2, 0.25) is 0 Å². The topological polar surface area (TPSA) is 26.3 Å². The molecule has 0 N–H and O–H groups in total. The van der Waals surface area contributed by atoms with E-state index in [9.17, 15) is 4.79 Å². The van der Waals surface area contributed by atoms with Crippen molar-refractivity contribution in [2.75, 3.05) is 6.61 Å². The van der Waals surface area contributed by atoms with Crippen molar-refractivity contribution in [3.05, 3.63) is 21.1 Å². The number of carbonyl (C=O) groups excluding carboxylic acids is 1. The van der Waals surface area contributed by atoms with E-state index in [0.29, 0.717) is 6.61 Å². The Labute approximate surface area is 74.1 Å². The molecule has 11 heavy (non-hydrogen) atoms. The molecule has 0 spiro atoms. The van der Waals surface area contributed by atoms with E-state index in [1.165, 1.54) is 23.5 Å². The van der Waals surface area contributed by atoms with Crippen molar-refractivity contribution in [3.8, 4) is 0 Å². The molecule has 0 amide bonds. The maximum absolute atomic E-state index is 10.8. The summed E-state index contributed by atoms with van der Waals surface area (Å²) in [5, 5.41) is 3.82. The van der Waals surface area contributed by atoms with Crippen LogP contribution in [0.5, 0.6) is 0 Å². The highest BCUT2D eigenvalue weighted by molar-refractivity contribution is 8.27. The third kappa shape index (κ3) is 3.03. The van der Waals surface area contributed by atoms with Crippen molar-refractivity contribution in [3.63, 3.8) is 0 Å². The zero-order valence-electron chi connectivity index (χ0n) is 5.99. The minimum absolute atomic E-state index is 0.383. The molecule has 0 unspecified atom stereocenters. The van der Waals surface area contributed by atoms with Crippen LogP contribution in [-0.4, -0.2) is 12.6 Å². The van der Waals surface area contributed by atoms with E-state index in [0.717, 1.165) is 4.24 Å². The largest absolute Gasteiger partial charge is 0.462 e. The van der Waals surface area contributed by atoms with Crippen LogP contribution in [0.2, 0.25) is 0 Å². The number of rotatable bonds is 2. The van der Waals surface area contributed by atoms with Gasteiger partial charge in [-0.15, -0.1) is 0 Å². The molecule has 1 radical (unpaired) electrons. The first kappa shape index (κ1) is 8.74.